The molecule has 7 heavy (non-hydrogen) atoms. The van der Waals surface area contributed by atoms with Crippen LogP contribution in [0.1, 0.15) is 6.42 Å². The average molecular weight is 323 g/mol. The van der Waals surface area contributed by atoms with E-state index in [1.54, 1.807) is 0 Å². The summed E-state index contributed by atoms with van der Waals surface area (Å²) in [5.41, 5.74) is 0. The molecule has 0 N–H and O–H groups in total. The smallest absolute Gasteiger partial charge is 0.793 e. The Bertz CT molecular complexity index is 17.2. The van der Waals surface area contributed by atoms with Gasteiger partial charge in [-0.15, -0.1) is 0 Å². The van der Waals surface area contributed by atoms with E-state index in [-0.39, 0.29) is 35.1 Å². The van der Waals surface area contributed by atoms with Crippen molar-refractivity contribution in [2.45, 2.75) is 6.42 Å². The normalized spacial score (nSPS) is 6.00. The Kier molecular flexibility index (Phi) is 35.4. The summed E-state index contributed by atoms with van der Waals surface area (Å²) in [5.74, 6) is 1.78. The van der Waals surface area contributed by atoms with Gasteiger partial charge < -0.3 is 20.1 Å². The fraction of sp³-hybridized carbons (Fsp3) is 0.750. The van der Waals surface area contributed by atoms with Crippen LogP contribution < -0.4 is 0 Å². The first-order valence-electron chi connectivity index (χ1n) is 1.60. The van der Waals surface area contributed by atoms with Gasteiger partial charge in [-0.1, -0.05) is 6.42 Å². The molecular weight excluding hydrogens is 313 g/mol. The maximum Gasteiger partial charge on any atom is 2.00 e. The van der Waals surface area contributed by atoms with E-state index in [0.717, 1.165) is 17.9 Å². The summed E-state index contributed by atoms with van der Waals surface area (Å²) < 4.78 is 0. The third-order valence-electron chi connectivity index (χ3n) is 0.302. The summed E-state index contributed by atoms with van der Waals surface area (Å²) in [7, 11) is 0. The molecule has 3 heteroatoms. The van der Waals surface area contributed by atoms with Crippen LogP contribution in [0.4, 0.5) is 0 Å². The topological polar surface area (TPSA) is 0 Å². The van der Waals surface area contributed by atoms with Crippen molar-refractivity contribution in [3.05, 3.63) is 7.43 Å². The Balaban J connectivity index is -0.0000000800. The predicted octanol–water partition coefficient (Wildman–Crippen LogP) is 1.30. The molecule has 0 aliphatic heterocycles. The summed E-state index contributed by atoms with van der Waals surface area (Å²) in [5, 5.41) is 0. The average Bonchev–Trinajstić information content (AvgIpc) is 1.41. The largest absolute Gasteiger partial charge is 2.00 e. The first-order valence-corrected chi connectivity index (χ1v) is 2.81. The van der Waals surface area contributed by atoms with Crippen molar-refractivity contribution >= 4 is 25.3 Å². The third-order valence-corrected chi connectivity index (χ3v) is 0.907. The van der Waals surface area contributed by atoms with Crippen molar-refractivity contribution in [1.82, 2.24) is 0 Å². The molecule has 0 rings (SSSR count). The molecule has 0 aliphatic rings. The maximum absolute atomic E-state index is 4.60. The van der Waals surface area contributed by atoms with Crippen LogP contribution in [-0.4, -0.2) is 11.5 Å². The van der Waals surface area contributed by atoms with Gasteiger partial charge in [0.25, 0.3) is 0 Å². The zero-order valence-electron chi connectivity index (χ0n) is 4.68. The van der Waals surface area contributed by atoms with Gasteiger partial charge in [-0.25, -0.2) is 0 Å². The molecule has 0 saturated carbocycles. The van der Waals surface area contributed by atoms with Gasteiger partial charge in [0.05, 0.1) is 0 Å². The summed E-state index contributed by atoms with van der Waals surface area (Å²) in [6, 6.07) is 0. The van der Waals surface area contributed by atoms with Gasteiger partial charge in [0.2, 0.25) is 0 Å². The van der Waals surface area contributed by atoms with Crippen LogP contribution in [0.3, 0.4) is 0 Å². The number of hydrogen-bond donors (Lipinski definition) is 1. The zero-order valence-corrected chi connectivity index (χ0v) is 11.9. The molecule has 0 nitrogen and oxygen atoms in total. The minimum absolute atomic E-state index is 0. The summed E-state index contributed by atoms with van der Waals surface area (Å²) >= 11 is 8.54. The van der Waals surface area contributed by atoms with Crippen molar-refractivity contribution in [2.75, 3.05) is 11.5 Å². The van der Waals surface area contributed by atoms with E-state index >= 15 is 0 Å². The van der Waals surface area contributed by atoms with Crippen molar-refractivity contribution in [3.8, 4) is 0 Å². The predicted molar refractivity (Wildman–Crippen MR) is 37.1 cm³/mol. The molecule has 0 atom stereocenters. The van der Waals surface area contributed by atoms with Gasteiger partial charge in [-0.3, -0.25) is 0 Å². The molecule has 0 spiro atoms. The van der Waals surface area contributed by atoms with Crippen LogP contribution in [-0.2, 0) is 40.3 Å². The minimum Gasteiger partial charge on any atom is -0.793 e. The van der Waals surface area contributed by atoms with Crippen LogP contribution in [0.2, 0.25) is 0 Å². The number of rotatable bonds is 2. The first-order chi connectivity index (χ1) is 2.41. The van der Waals surface area contributed by atoms with Crippen LogP contribution in [0.5, 0.6) is 0 Å². The van der Waals surface area contributed by atoms with E-state index in [1.165, 1.54) is 0 Å². The quantitative estimate of drug-likeness (QED) is 0.346. The second-order valence-electron chi connectivity index (χ2n) is 0.781. The van der Waals surface area contributed by atoms with E-state index in [1.807, 2.05) is 0 Å². The Hall–Kier alpha value is 1.64. The Labute approximate surface area is 77.8 Å². The van der Waals surface area contributed by atoms with Crippen molar-refractivity contribution in [1.29, 1.82) is 0 Å². The standard InChI is InChI=1S/C3H8S2.CH3.Hg/c4-2-1-3-5;;/h4-5H,1-3H2;1H3;/q;-1;+2/p-1. The molecule has 0 unspecified atom stereocenters. The van der Waals surface area contributed by atoms with E-state index in [0.29, 0.717) is 0 Å². The van der Waals surface area contributed by atoms with Crippen molar-refractivity contribution in [2.24, 2.45) is 0 Å². The van der Waals surface area contributed by atoms with Gasteiger partial charge in [-0.2, -0.15) is 18.4 Å². The second kappa shape index (κ2) is 15.6. The third kappa shape index (κ3) is 18.3. The molecule has 0 radical (unpaired) electrons. The molecule has 0 aromatic heterocycles. The summed E-state index contributed by atoms with van der Waals surface area (Å²) in [4.78, 5) is 0. The van der Waals surface area contributed by atoms with Crippen LogP contribution >= 0.6 is 12.6 Å². The van der Waals surface area contributed by atoms with E-state index in [9.17, 15) is 0 Å². The SMILES string of the molecule is [CH3-].[Hg+2].[S-]CCCS. The Morgan fingerprint density at radius 3 is 1.86 bits per heavy atom. The molecule has 40 valence electrons. The Morgan fingerprint density at radius 1 is 1.43 bits per heavy atom. The first kappa shape index (κ1) is 15.9. The zero-order chi connectivity index (χ0) is 4.12. The van der Waals surface area contributed by atoms with Crippen molar-refractivity contribution in [3.63, 3.8) is 0 Å². The molecule has 0 aromatic carbocycles. The summed E-state index contributed by atoms with van der Waals surface area (Å²) in [6.45, 7) is 0. The monoisotopic (exact) mass is 324 g/mol. The van der Waals surface area contributed by atoms with Gasteiger partial charge in [-0.05, 0) is 5.75 Å². The number of thiol groups is 1. The molecular formula is C4H10HgS2. The van der Waals surface area contributed by atoms with E-state index in [4.69, 9.17) is 0 Å². The molecule has 0 fully saturated rings. The molecule has 0 amide bonds. The van der Waals surface area contributed by atoms with Crippen molar-refractivity contribution < 1.29 is 27.7 Å². The van der Waals surface area contributed by atoms with Crippen LogP contribution in [0.25, 0.3) is 0 Å². The Morgan fingerprint density at radius 2 is 1.86 bits per heavy atom. The number of hydrogen-bond acceptors (Lipinski definition) is 2. The van der Waals surface area contributed by atoms with Crippen LogP contribution in [0.15, 0.2) is 0 Å². The fourth-order valence-electron chi connectivity index (χ4n) is 0.0645. The van der Waals surface area contributed by atoms with Gasteiger partial charge in [0.1, 0.15) is 0 Å². The molecule has 0 heterocycles. The molecule has 0 saturated heterocycles. The van der Waals surface area contributed by atoms with E-state index < -0.39 is 0 Å². The molecule has 0 aromatic rings. The van der Waals surface area contributed by atoms with Gasteiger partial charge >= 0.3 is 27.7 Å². The fourth-order valence-corrected chi connectivity index (χ4v) is 0.581. The van der Waals surface area contributed by atoms with Gasteiger partial charge in [0, 0.05) is 0 Å². The maximum atomic E-state index is 4.60. The van der Waals surface area contributed by atoms with E-state index in [2.05, 4.69) is 25.3 Å². The molecule has 0 aliphatic carbocycles. The minimum atomic E-state index is 0. The molecule has 0 bridgehead atoms. The van der Waals surface area contributed by atoms with Gasteiger partial charge in [0.15, 0.2) is 0 Å². The summed E-state index contributed by atoms with van der Waals surface area (Å²) in [6.07, 6.45) is 1.07. The van der Waals surface area contributed by atoms with Crippen LogP contribution in [0, 0.1) is 7.43 Å². The second-order valence-corrected chi connectivity index (χ2v) is 1.64.